The Bertz CT molecular complexity index is 1160. The molecule has 0 bridgehead atoms. The Labute approximate surface area is 184 Å². The minimum atomic E-state index is -0.991. The fourth-order valence-corrected chi connectivity index (χ4v) is 3.75. The topological polar surface area (TPSA) is 110 Å². The summed E-state index contributed by atoms with van der Waals surface area (Å²) in [4.78, 5) is 46.1. The Morgan fingerprint density at radius 2 is 1.94 bits per heavy atom. The van der Waals surface area contributed by atoms with Crippen LogP contribution in [0.2, 0.25) is 0 Å². The van der Waals surface area contributed by atoms with Crippen molar-refractivity contribution in [2.75, 3.05) is 11.9 Å². The first-order valence-electron chi connectivity index (χ1n) is 10.1. The van der Waals surface area contributed by atoms with E-state index in [2.05, 4.69) is 9.97 Å². The van der Waals surface area contributed by atoms with Crippen molar-refractivity contribution in [3.8, 4) is 0 Å². The molecule has 3 aromatic rings. The zero-order valence-electron chi connectivity index (χ0n) is 17.4. The lowest BCUT2D eigenvalue weighted by atomic mass is 9.87. The molecule has 32 heavy (non-hydrogen) atoms. The van der Waals surface area contributed by atoms with Gasteiger partial charge in [-0.05, 0) is 48.2 Å². The molecule has 1 aliphatic heterocycles. The van der Waals surface area contributed by atoms with Crippen LogP contribution in [-0.4, -0.2) is 40.0 Å². The number of esters is 1. The number of carbonyl (C=O) groups is 3. The second-order valence-electron chi connectivity index (χ2n) is 7.64. The second kappa shape index (κ2) is 8.97. The van der Waals surface area contributed by atoms with Gasteiger partial charge >= 0.3 is 11.9 Å². The number of ether oxygens (including phenoxy) is 1. The van der Waals surface area contributed by atoms with Crippen LogP contribution in [0.3, 0.4) is 0 Å². The molecule has 0 spiro atoms. The molecule has 8 nitrogen and oxygen atoms in total. The standard InChI is InChI=1S/C24H21N3O5/c1-27-21-13-26-20(24(31)32-14-16-3-2-8-25-12-16)11-18(21)10-19(22(27)28)9-15-4-6-17(7-5-15)23(29)30/h2-8,11-13,19H,9-10,14H2,1H3,(H,29,30). The van der Waals surface area contributed by atoms with Crippen LogP contribution < -0.4 is 4.90 Å². The summed E-state index contributed by atoms with van der Waals surface area (Å²) in [6.07, 6.45) is 5.70. The highest BCUT2D eigenvalue weighted by Gasteiger charge is 2.31. The molecule has 1 amide bonds. The van der Waals surface area contributed by atoms with Gasteiger partial charge in [0.15, 0.2) is 0 Å². The molecule has 1 aliphatic rings. The number of aromatic nitrogens is 2. The number of carboxylic acids is 1. The molecule has 0 radical (unpaired) electrons. The van der Waals surface area contributed by atoms with Crippen molar-refractivity contribution in [3.63, 3.8) is 0 Å². The number of hydrogen-bond acceptors (Lipinski definition) is 6. The molecule has 0 aliphatic carbocycles. The van der Waals surface area contributed by atoms with Crippen LogP contribution in [0.15, 0.2) is 61.1 Å². The average Bonchev–Trinajstić information content (AvgIpc) is 2.81. The van der Waals surface area contributed by atoms with Crippen molar-refractivity contribution in [1.82, 2.24) is 9.97 Å². The third kappa shape index (κ3) is 4.49. The number of carboxylic acid groups (broad SMARTS) is 1. The van der Waals surface area contributed by atoms with Gasteiger partial charge in [-0.1, -0.05) is 18.2 Å². The highest BCUT2D eigenvalue weighted by molar-refractivity contribution is 5.98. The lowest BCUT2D eigenvalue weighted by molar-refractivity contribution is -0.122. The summed E-state index contributed by atoms with van der Waals surface area (Å²) in [5, 5.41) is 9.05. The predicted octanol–water partition coefficient (Wildman–Crippen LogP) is 2.91. The van der Waals surface area contributed by atoms with E-state index in [1.54, 1.807) is 48.6 Å². The third-order valence-corrected chi connectivity index (χ3v) is 5.46. The number of hydrogen-bond donors (Lipinski definition) is 1. The maximum atomic E-state index is 12.9. The molecule has 0 fully saturated rings. The van der Waals surface area contributed by atoms with Crippen LogP contribution in [0.4, 0.5) is 5.69 Å². The van der Waals surface area contributed by atoms with E-state index in [9.17, 15) is 14.4 Å². The third-order valence-electron chi connectivity index (χ3n) is 5.46. The Morgan fingerprint density at radius 3 is 2.62 bits per heavy atom. The lowest BCUT2D eigenvalue weighted by Crippen LogP contribution is -2.39. The molecule has 2 aromatic heterocycles. The maximum Gasteiger partial charge on any atom is 0.357 e. The first-order valence-corrected chi connectivity index (χ1v) is 10.1. The molecule has 0 saturated heterocycles. The van der Waals surface area contributed by atoms with Crippen molar-refractivity contribution in [3.05, 3.63) is 89.0 Å². The van der Waals surface area contributed by atoms with Gasteiger partial charge in [-0.15, -0.1) is 0 Å². The van der Waals surface area contributed by atoms with Gasteiger partial charge in [0.05, 0.1) is 17.4 Å². The molecule has 162 valence electrons. The summed E-state index contributed by atoms with van der Waals surface area (Å²) >= 11 is 0. The molecule has 0 saturated carbocycles. The fraction of sp³-hybridized carbons (Fsp3) is 0.208. The predicted molar refractivity (Wildman–Crippen MR) is 115 cm³/mol. The van der Waals surface area contributed by atoms with Crippen molar-refractivity contribution in [1.29, 1.82) is 0 Å². The van der Waals surface area contributed by atoms with Crippen LogP contribution in [0.25, 0.3) is 0 Å². The van der Waals surface area contributed by atoms with Gasteiger partial charge in [0.2, 0.25) is 5.91 Å². The molecule has 4 rings (SSSR count). The number of anilines is 1. The quantitative estimate of drug-likeness (QED) is 0.598. The summed E-state index contributed by atoms with van der Waals surface area (Å²) in [5.74, 6) is -1.91. The van der Waals surface area contributed by atoms with Gasteiger partial charge in [-0.2, -0.15) is 0 Å². The number of carbonyl (C=O) groups excluding carboxylic acids is 2. The van der Waals surface area contributed by atoms with Crippen LogP contribution in [0.5, 0.6) is 0 Å². The van der Waals surface area contributed by atoms with Gasteiger partial charge in [-0.25, -0.2) is 14.6 Å². The van der Waals surface area contributed by atoms with Crippen LogP contribution >= 0.6 is 0 Å². The highest BCUT2D eigenvalue weighted by atomic mass is 16.5. The van der Waals surface area contributed by atoms with E-state index >= 15 is 0 Å². The Kier molecular flexibility index (Phi) is 5.93. The molecule has 8 heteroatoms. The Morgan fingerprint density at radius 1 is 1.16 bits per heavy atom. The van der Waals surface area contributed by atoms with Crippen LogP contribution in [0.1, 0.15) is 37.5 Å². The molecule has 3 heterocycles. The summed E-state index contributed by atoms with van der Waals surface area (Å²) in [7, 11) is 1.68. The first kappa shape index (κ1) is 21.2. The minimum absolute atomic E-state index is 0.0477. The second-order valence-corrected chi connectivity index (χ2v) is 7.64. The molecule has 1 N–H and O–H groups in total. The van der Waals surface area contributed by atoms with E-state index in [4.69, 9.17) is 9.84 Å². The number of pyridine rings is 2. The van der Waals surface area contributed by atoms with Crippen molar-refractivity contribution < 1.29 is 24.2 Å². The van der Waals surface area contributed by atoms with Gasteiger partial charge in [0, 0.05) is 30.9 Å². The van der Waals surface area contributed by atoms with E-state index in [0.717, 1.165) is 16.7 Å². The number of amides is 1. The lowest BCUT2D eigenvalue weighted by Gasteiger charge is -2.31. The van der Waals surface area contributed by atoms with E-state index in [1.807, 2.05) is 6.07 Å². The Balaban J connectivity index is 1.49. The molecular weight excluding hydrogens is 410 g/mol. The van der Waals surface area contributed by atoms with E-state index in [-0.39, 0.29) is 29.7 Å². The van der Waals surface area contributed by atoms with Crippen molar-refractivity contribution in [2.45, 2.75) is 19.4 Å². The van der Waals surface area contributed by atoms with Gasteiger partial charge in [0.1, 0.15) is 12.3 Å². The maximum absolute atomic E-state index is 12.9. The highest BCUT2D eigenvalue weighted by Crippen LogP contribution is 2.31. The molecule has 1 aromatic carbocycles. The van der Waals surface area contributed by atoms with Gasteiger partial charge in [0.25, 0.3) is 0 Å². The summed E-state index contributed by atoms with van der Waals surface area (Å²) in [6.45, 7) is 0.0960. The number of rotatable bonds is 6. The average molecular weight is 431 g/mol. The van der Waals surface area contributed by atoms with E-state index in [0.29, 0.717) is 18.5 Å². The van der Waals surface area contributed by atoms with E-state index in [1.165, 1.54) is 18.3 Å². The van der Waals surface area contributed by atoms with Gasteiger partial charge in [-0.3, -0.25) is 9.78 Å². The van der Waals surface area contributed by atoms with E-state index < -0.39 is 11.9 Å². The zero-order valence-corrected chi connectivity index (χ0v) is 17.4. The summed E-state index contributed by atoms with van der Waals surface area (Å²) in [6, 6.07) is 11.8. The fourth-order valence-electron chi connectivity index (χ4n) is 3.75. The van der Waals surface area contributed by atoms with Crippen LogP contribution in [0, 0.1) is 5.92 Å². The molecular formula is C24H21N3O5. The van der Waals surface area contributed by atoms with Gasteiger partial charge < -0.3 is 14.7 Å². The first-order chi connectivity index (χ1) is 15.4. The van der Waals surface area contributed by atoms with Crippen LogP contribution in [-0.2, 0) is 29.0 Å². The monoisotopic (exact) mass is 431 g/mol. The van der Waals surface area contributed by atoms with Crippen molar-refractivity contribution >= 4 is 23.5 Å². The largest absolute Gasteiger partial charge is 0.478 e. The molecule has 1 atom stereocenters. The van der Waals surface area contributed by atoms with Crippen molar-refractivity contribution in [2.24, 2.45) is 5.92 Å². The smallest absolute Gasteiger partial charge is 0.357 e. The zero-order chi connectivity index (χ0) is 22.7. The normalized spacial score (nSPS) is 15.2. The number of benzene rings is 1. The molecule has 1 unspecified atom stereocenters. The Hall–Kier alpha value is -4.07. The number of fused-ring (bicyclic) bond motifs is 1. The number of nitrogens with zero attached hydrogens (tertiary/aromatic N) is 3. The summed E-state index contributed by atoms with van der Waals surface area (Å²) in [5.41, 5.74) is 3.53. The number of aromatic carboxylic acids is 1. The SMILES string of the molecule is CN1C(=O)C(Cc2ccc(C(=O)O)cc2)Cc2cc(C(=O)OCc3cccnc3)ncc21. The summed E-state index contributed by atoms with van der Waals surface area (Å²) < 4.78 is 5.34. The minimum Gasteiger partial charge on any atom is -0.478 e.